The van der Waals surface area contributed by atoms with Gasteiger partial charge < -0.3 is 43.2 Å². The summed E-state index contributed by atoms with van der Waals surface area (Å²) in [5.74, 6) is 0. The molecule has 0 aromatic rings. The van der Waals surface area contributed by atoms with Gasteiger partial charge >= 0.3 is 39.9 Å². The Balaban J connectivity index is 0. The van der Waals surface area contributed by atoms with E-state index in [9.17, 15) is 0 Å². The molecule has 0 saturated heterocycles. The van der Waals surface area contributed by atoms with E-state index in [0.717, 1.165) is 0 Å². The molecule has 0 spiro atoms. The fourth-order valence-corrected chi connectivity index (χ4v) is 0. The maximum absolute atomic E-state index is 0. The summed E-state index contributed by atoms with van der Waals surface area (Å²) in [5.41, 5.74) is 0. The van der Waals surface area contributed by atoms with Gasteiger partial charge in [0.25, 0.3) is 0 Å². The van der Waals surface area contributed by atoms with Crippen LogP contribution in [0.2, 0.25) is 0 Å². The molecule has 0 aliphatic carbocycles. The Morgan fingerprint density at radius 3 is 0.500 bits per heavy atom. The normalized spacial score (nSPS) is 0. The van der Waals surface area contributed by atoms with Crippen molar-refractivity contribution < 1.29 is 39.9 Å². The smallest absolute Gasteiger partial charge is 2.00 e. The van der Waals surface area contributed by atoms with E-state index in [-0.39, 0.29) is 83.1 Å². The summed E-state index contributed by atoms with van der Waals surface area (Å²) >= 11 is 0. The zero-order valence-electron chi connectivity index (χ0n) is 4.91. The van der Waals surface area contributed by atoms with Crippen LogP contribution in [-0.4, -0.2) is 0 Å². The van der Waals surface area contributed by atoms with E-state index in [2.05, 4.69) is 0 Å². The average molecular weight is 324 g/mol. The number of hydrogen-bond acceptors (Lipinski definition) is 0. The van der Waals surface area contributed by atoms with Gasteiger partial charge in [-0.05, 0) is 0 Å². The maximum atomic E-state index is 0. The Morgan fingerprint density at radius 1 is 0.500 bits per heavy atom. The Labute approximate surface area is 82.2 Å². The third kappa shape index (κ3) is 44.2. The second-order valence-electron chi connectivity index (χ2n) is 0. The van der Waals surface area contributed by atoms with E-state index in [0.29, 0.717) is 0 Å². The van der Waals surface area contributed by atoms with Crippen molar-refractivity contribution in [1.29, 1.82) is 0 Å². The van der Waals surface area contributed by atoms with Crippen molar-refractivity contribution in [2.24, 2.45) is 0 Å². The SMILES string of the molecule is [CH3-].[CH3-].[CH3-].[CH3-].[S-2].[Th+2]. The molecule has 0 unspecified atom stereocenters. The van der Waals surface area contributed by atoms with Crippen molar-refractivity contribution in [2.75, 3.05) is 0 Å². The Morgan fingerprint density at radius 2 is 0.500 bits per heavy atom. The Hall–Kier alpha value is 1.67. The molecule has 6 heavy (non-hydrogen) atoms. The fraction of sp³-hybridized carbons (Fsp3) is 0. The van der Waals surface area contributed by atoms with Gasteiger partial charge in [-0.25, -0.2) is 0 Å². The van der Waals surface area contributed by atoms with Crippen LogP contribution < -0.4 is 0 Å². The van der Waals surface area contributed by atoms with Crippen molar-refractivity contribution in [1.82, 2.24) is 0 Å². The minimum Gasteiger partial charge on any atom is -2.00 e. The van der Waals surface area contributed by atoms with Crippen LogP contribution in [0.15, 0.2) is 0 Å². The van der Waals surface area contributed by atoms with Crippen molar-refractivity contribution in [3.63, 3.8) is 0 Å². The van der Waals surface area contributed by atoms with Gasteiger partial charge in [0.1, 0.15) is 0 Å². The second-order valence-corrected chi connectivity index (χ2v) is 0. The quantitative estimate of drug-likeness (QED) is 0.596. The van der Waals surface area contributed by atoms with Gasteiger partial charge in [0.15, 0.2) is 0 Å². The first-order valence-electron chi connectivity index (χ1n) is 0. The molecule has 0 fully saturated rings. The molecular formula is C4H12STh-4. The monoisotopic (exact) mass is 324 g/mol. The summed E-state index contributed by atoms with van der Waals surface area (Å²) in [5, 5.41) is 0. The summed E-state index contributed by atoms with van der Waals surface area (Å²) in [6.07, 6.45) is 0. The van der Waals surface area contributed by atoms with Crippen LogP contribution in [0.4, 0.5) is 0 Å². The molecule has 0 N–H and O–H groups in total. The van der Waals surface area contributed by atoms with Gasteiger partial charge in [0.2, 0.25) is 0 Å². The van der Waals surface area contributed by atoms with Gasteiger partial charge in [0, 0.05) is 0 Å². The van der Waals surface area contributed by atoms with Crippen LogP contribution in [0.25, 0.3) is 0 Å². The van der Waals surface area contributed by atoms with Gasteiger partial charge in [-0.2, -0.15) is 0 Å². The van der Waals surface area contributed by atoms with Crippen molar-refractivity contribution in [3.05, 3.63) is 29.7 Å². The molecule has 0 aromatic heterocycles. The number of hydrogen-bond donors (Lipinski definition) is 0. The molecule has 42 valence electrons. The third-order valence-electron chi connectivity index (χ3n) is 0. The summed E-state index contributed by atoms with van der Waals surface area (Å²) in [4.78, 5) is 0. The predicted octanol–water partition coefficient (Wildman–Crippen LogP) is 1.80. The fourth-order valence-electron chi connectivity index (χ4n) is 0. The summed E-state index contributed by atoms with van der Waals surface area (Å²) in [7, 11) is 0. The molecule has 0 nitrogen and oxygen atoms in total. The van der Waals surface area contributed by atoms with Crippen molar-refractivity contribution in [2.45, 2.75) is 0 Å². The van der Waals surface area contributed by atoms with Crippen LogP contribution in [-0.2, 0) is 13.5 Å². The molecule has 0 heterocycles. The molecular weight excluding hydrogens is 312 g/mol. The zero-order chi connectivity index (χ0) is 0. The summed E-state index contributed by atoms with van der Waals surface area (Å²) < 4.78 is 0. The summed E-state index contributed by atoms with van der Waals surface area (Å²) in [6, 6.07) is 0. The van der Waals surface area contributed by atoms with E-state index in [1.54, 1.807) is 0 Å². The maximum Gasteiger partial charge on any atom is 2.00 e. The van der Waals surface area contributed by atoms with E-state index in [1.165, 1.54) is 0 Å². The van der Waals surface area contributed by atoms with Gasteiger partial charge in [-0.15, -0.1) is 0 Å². The molecule has 0 bridgehead atoms. The largest absolute Gasteiger partial charge is 2.00 e. The van der Waals surface area contributed by atoms with Crippen LogP contribution >= 0.6 is 0 Å². The van der Waals surface area contributed by atoms with Crippen LogP contribution in [0, 0.1) is 69.6 Å². The van der Waals surface area contributed by atoms with Crippen LogP contribution in [0.5, 0.6) is 0 Å². The molecule has 0 atom stereocenters. The molecule has 0 radical (unpaired) electrons. The van der Waals surface area contributed by atoms with Gasteiger partial charge in [0.05, 0.1) is 0 Å². The molecule has 0 aromatic carbocycles. The Kier molecular flexibility index (Phi) is 1560. The standard InChI is InChI=1S/4CH3.S.Th/h4*1H3;;/q4*-1;-2;+2. The molecule has 2 heteroatoms. The van der Waals surface area contributed by atoms with E-state index in [4.69, 9.17) is 0 Å². The Bertz CT molecular complexity index is 7.51. The topological polar surface area (TPSA) is 0 Å². The van der Waals surface area contributed by atoms with E-state index < -0.39 is 0 Å². The van der Waals surface area contributed by atoms with Gasteiger partial charge in [-0.1, -0.05) is 0 Å². The van der Waals surface area contributed by atoms with Crippen molar-refractivity contribution >= 4 is 13.5 Å². The minimum absolute atomic E-state index is 0. The first kappa shape index (κ1) is 122. The zero-order valence-corrected chi connectivity index (χ0v) is 9.83. The van der Waals surface area contributed by atoms with Crippen LogP contribution in [0.3, 0.4) is 0 Å². The third-order valence-corrected chi connectivity index (χ3v) is 0. The minimum atomic E-state index is 0. The molecule has 0 rings (SSSR count). The summed E-state index contributed by atoms with van der Waals surface area (Å²) in [6.45, 7) is 0. The van der Waals surface area contributed by atoms with Crippen LogP contribution in [0.1, 0.15) is 0 Å². The van der Waals surface area contributed by atoms with Crippen molar-refractivity contribution in [3.8, 4) is 0 Å². The van der Waals surface area contributed by atoms with Gasteiger partial charge in [-0.3, -0.25) is 0 Å². The van der Waals surface area contributed by atoms with E-state index >= 15 is 0 Å². The molecule has 0 amide bonds. The second kappa shape index (κ2) is 76.6. The first-order chi connectivity index (χ1) is 0. The molecule has 0 aliphatic rings. The number of rotatable bonds is 0. The predicted molar refractivity (Wildman–Crippen MR) is 33.0 cm³/mol. The van der Waals surface area contributed by atoms with E-state index in [1.807, 2.05) is 0 Å². The average Bonchev–Trinajstić information content (AvgIpc) is 0. The molecule has 0 saturated carbocycles. The molecule has 0 aliphatic heterocycles. The first-order valence-corrected chi connectivity index (χ1v) is 0.